The van der Waals surface area contributed by atoms with E-state index in [-0.39, 0.29) is 16.6 Å². The second kappa shape index (κ2) is 6.70. The van der Waals surface area contributed by atoms with Gasteiger partial charge in [0.25, 0.3) is 0 Å². The van der Waals surface area contributed by atoms with Gasteiger partial charge >= 0.3 is 0 Å². The van der Waals surface area contributed by atoms with Crippen LogP contribution < -0.4 is 0 Å². The number of allylic oxidation sites excluding steroid dienone is 4. The smallest absolute Gasteiger partial charge is 0.190 e. The molecule has 0 aliphatic heterocycles. The Kier molecular flexibility index (Phi) is 5.22. The molecule has 1 aliphatic carbocycles. The van der Waals surface area contributed by atoms with Gasteiger partial charge in [-0.1, -0.05) is 79.2 Å². The average Bonchev–Trinajstić information content (AvgIpc) is 2.71. The lowest BCUT2D eigenvalue weighted by Crippen LogP contribution is -2.12. The topological polar surface area (TPSA) is 17.1 Å². The van der Waals surface area contributed by atoms with Crippen molar-refractivity contribution >= 4 is 11.4 Å². The van der Waals surface area contributed by atoms with Crippen molar-refractivity contribution in [3.8, 4) is 0 Å². The van der Waals surface area contributed by atoms with Gasteiger partial charge < -0.3 is 0 Å². The SMILES string of the molecule is CCCC1=C(/C=C\CC(C)(C)C)c2ccc(C(C)(C)C)cc2C1=O. The second-order valence-corrected chi connectivity index (χ2v) is 9.15. The summed E-state index contributed by atoms with van der Waals surface area (Å²) in [7, 11) is 0. The van der Waals surface area contributed by atoms with Crippen LogP contribution in [0, 0.1) is 5.41 Å². The summed E-state index contributed by atoms with van der Waals surface area (Å²) in [6.07, 6.45) is 7.27. The molecule has 0 unspecified atom stereocenters. The predicted molar refractivity (Wildman–Crippen MR) is 105 cm³/mol. The highest BCUT2D eigenvalue weighted by Gasteiger charge is 2.29. The molecule has 0 atom stereocenters. The molecule has 0 fully saturated rings. The minimum Gasteiger partial charge on any atom is -0.289 e. The van der Waals surface area contributed by atoms with Gasteiger partial charge in [-0.15, -0.1) is 0 Å². The normalized spacial score (nSPS) is 15.5. The maximum Gasteiger partial charge on any atom is 0.190 e. The number of carbonyl (C=O) groups excluding carboxylic acids is 1. The third kappa shape index (κ3) is 4.06. The lowest BCUT2D eigenvalue weighted by Gasteiger charge is -2.20. The summed E-state index contributed by atoms with van der Waals surface area (Å²) in [6.45, 7) is 15.4. The van der Waals surface area contributed by atoms with Crippen molar-refractivity contribution in [2.24, 2.45) is 5.41 Å². The molecule has 0 bridgehead atoms. The van der Waals surface area contributed by atoms with Crippen LogP contribution in [0.1, 0.15) is 89.2 Å². The molecule has 24 heavy (non-hydrogen) atoms. The Morgan fingerprint density at radius 3 is 2.21 bits per heavy atom. The van der Waals surface area contributed by atoms with Gasteiger partial charge in [0, 0.05) is 11.1 Å². The van der Waals surface area contributed by atoms with Gasteiger partial charge in [-0.05, 0) is 46.4 Å². The summed E-state index contributed by atoms with van der Waals surface area (Å²) in [5.41, 5.74) is 5.69. The van der Waals surface area contributed by atoms with Crippen LogP contribution in [-0.2, 0) is 5.41 Å². The molecular weight excluding hydrogens is 292 g/mol. The Morgan fingerprint density at radius 1 is 1.00 bits per heavy atom. The molecule has 0 spiro atoms. The zero-order valence-corrected chi connectivity index (χ0v) is 16.4. The van der Waals surface area contributed by atoms with Gasteiger partial charge in [0.05, 0.1) is 0 Å². The van der Waals surface area contributed by atoms with Crippen LogP contribution in [0.2, 0.25) is 0 Å². The van der Waals surface area contributed by atoms with E-state index in [2.05, 4.69) is 78.8 Å². The van der Waals surface area contributed by atoms with Crippen LogP contribution >= 0.6 is 0 Å². The number of hydrogen-bond acceptors (Lipinski definition) is 1. The lowest BCUT2D eigenvalue weighted by atomic mass is 9.85. The standard InChI is InChI=1S/C23H32O/c1-8-10-19-17(11-9-14-22(2,3)4)18-13-12-16(23(5,6)7)15-20(18)21(19)24/h9,11-13,15H,8,10,14H2,1-7H3/b11-9-. The van der Waals surface area contributed by atoms with Gasteiger partial charge in [-0.25, -0.2) is 0 Å². The van der Waals surface area contributed by atoms with Crippen molar-refractivity contribution < 1.29 is 4.79 Å². The minimum atomic E-state index is 0.0606. The summed E-state index contributed by atoms with van der Waals surface area (Å²) in [4.78, 5) is 12.9. The summed E-state index contributed by atoms with van der Waals surface area (Å²) >= 11 is 0. The highest BCUT2D eigenvalue weighted by atomic mass is 16.1. The molecule has 0 amide bonds. The molecule has 0 saturated carbocycles. The van der Waals surface area contributed by atoms with Crippen molar-refractivity contribution in [1.82, 2.24) is 0 Å². The number of fused-ring (bicyclic) bond motifs is 1. The number of hydrogen-bond donors (Lipinski definition) is 0. The lowest BCUT2D eigenvalue weighted by molar-refractivity contribution is 0.103. The quantitative estimate of drug-likeness (QED) is 0.600. The molecule has 0 saturated heterocycles. The maximum atomic E-state index is 12.9. The van der Waals surface area contributed by atoms with Crippen molar-refractivity contribution in [3.63, 3.8) is 0 Å². The van der Waals surface area contributed by atoms with Crippen LogP contribution in [0.25, 0.3) is 5.57 Å². The van der Waals surface area contributed by atoms with Gasteiger partial charge in [0.15, 0.2) is 5.78 Å². The van der Waals surface area contributed by atoms with Crippen LogP contribution in [0.3, 0.4) is 0 Å². The van der Waals surface area contributed by atoms with Crippen molar-refractivity contribution in [1.29, 1.82) is 0 Å². The largest absolute Gasteiger partial charge is 0.289 e. The highest BCUT2D eigenvalue weighted by Crippen LogP contribution is 2.38. The molecule has 1 nitrogen and oxygen atoms in total. The summed E-state index contributed by atoms with van der Waals surface area (Å²) in [5.74, 6) is 0.230. The first-order valence-electron chi connectivity index (χ1n) is 9.14. The van der Waals surface area contributed by atoms with Crippen molar-refractivity contribution in [2.75, 3.05) is 0 Å². The van der Waals surface area contributed by atoms with Crippen molar-refractivity contribution in [3.05, 3.63) is 52.6 Å². The Bertz CT molecular complexity index is 688. The van der Waals surface area contributed by atoms with Gasteiger partial charge in [0.1, 0.15) is 0 Å². The van der Waals surface area contributed by atoms with E-state index in [1.165, 1.54) is 5.56 Å². The molecule has 1 heteroatoms. The monoisotopic (exact) mass is 324 g/mol. The minimum absolute atomic E-state index is 0.0606. The van der Waals surface area contributed by atoms with Gasteiger partial charge in [0.2, 0.25) is 0 Å². The van der Waals surface area contributed by atoms with Crippen LogP contribution in [0.4, 0.5) is 0 Å². The highest BCUT2D eigenvalue weighted by molar-refractivity contribution is 6.22. The summed E-state index contributed by atoms with van der Waals surface area (Å²) in [6, 6.07) is 6.43. The van der Waals surface area contributed by atoms with E-state index < -0.39 is 0 Å². The molecule has 0 radical (unpaired) electrons. The molecule has 130 valence electrons. The third-order valence-electron chi connectivity index (χ3n) is 4.53. The Labute approximate surface area is 147 Å². The van der Waals surface area contributed by atoms with Gasteiger partial charge in [-0.3, -0.25) is 4.79 Å². The Balaban J connectivity index is 2.45. The first-order chi connectivity index (χ1) is 11.0. The Hall–Kier alpha value is -1.63. The van der Waals surface area contributed by atoms with E-state index >= 15 is 0 Å². The fourth-order valence-electron chi connectivity index (χ4n) is 3.10. The van der Waals surface area contributed by atoms with E-state index in [4.69, 9.17) is 0 Å². The first kappa shape index (κ1) is 18.7. The molecule has 1 aliphatic rings. The fraction of sp³-hybridized carbons (Fsp3) is 0.522. The molecule has 0 aromatic heterocycles. The number of rotatable bonds is 4. The van der Waals surface area contributed by atoms with E-state index in [9.17, 15) is 4.79 Å². The Morgan fingerprint density at radius 2 is 1.67 bits per heavy atom. The molecular formula is C23H32O. The number of Topliss-reactive ketones (excluding diaryl/α,β-unsaturated/α-hetero) is 1. The molecule has 0 N–H and O–H groups in total. The molecule has 0 heterocycles. The van der Waals surface area contributed by atoms with Crippen LogP contribution in [-0.4, -0.2) is 5.78 Å². The van der Waals surface area contributed by atoms with E-state index in [0.29, 0.717) is 0 Å². The van der Waals surface area contributed by atoms with E-state index in [1.807, 2.05) is 0 Å². The van der Waals surface area contributed by atoms with E-state index in [1.54, 1.807) is 0 Å². The van der Waals surface area contributed by atoms with Crippen molar-refractivity contribution in [2.45, 2.75) is 73.1 Å². The van der Waals surface area contributed by atoms with Crippen LogP contribution in [0.5, 0.6) is 0 Å². The number of carbonyl (C=O) groups is 1. The van der Waals surface area contributed by atoms with Crippen LogP contribution in [0.15, 0.2) is 35.9 Å². The predicted octanol–water partition coefficient (Wildman–Crippen LogP) is 6.73. The second-order valence-electron chi connectivity index (χ2n) is 9.15. The average molecular weight is 325 g/mol. The number of ketones is 1. The molecule has 1 aromatic rings. The third-order valence-corrected chi connectivity index (χ3v) is 4.53. The zero-order valence-electron chi connectivity index (χ0n) is 16.4. The number of benzene rings is 1. The fourth-order valence-corrected chi connectivity index (χ4v) is 3.10. The molecule has 1 aromatic carbocycles. The summed E-state index contributed by atoms with van der Waals surface area (Å²) < 4.78 is 0. The zero-order chi connectivity index (χ0) is 18.1. The van der Waals surface area contributed by atoms with E-state index in [0.717, 1.165) is 41.5 Å². The maximum absolute atomic E-state index is 12.9. The molecule has 2 rings (SSSR count). The van der Waals surface area contributed by atoms with Gasteiger partial charge in [-0.2, -0.15) is 0 Å². The summed E-state index contributed by atoms with van der Waals surface area (Å²) in [5, 5.41) is 0. The first-order valence-corrected chi connectivity index (χ1v) is 9.14.